The minimum Gasteiger partial charge on any atom is -0.477 e. The molecule has 0 aliphatic carbocycles. The monoisotopic (exact) mass is 451 g/mol. The van der Waals surface area contributed by atoms with Gasteiger partial charge >= 0.3 is 5.97 Å². The van der Waals surface area contributed by atoms with E-state index in [1.54, 1.807) is 47.9 Å². The van der Waals surface area contributed by atoms with Crippen molar-refractivity contribution < 1.29 is 14.6 Å². The molecule has 1 heterocycles. The summed E-state index contributed by atoms with van der Waals surface area (Å²) < 4.78 is 7.46. The van der Waals surface area contributed by atoms with Gasteiger partial charge in [-0.15, -0.1) is 0 Å². The van der Waals surface area contributed by atoms with Gasteiger partial charge in [-0.25, -0.2) is 4.79 Å². The number of ether oxygens (including phenoxy) is 1. The lowest BCUT2D eigenvalue weighted by Gasteiger charge is -2.21. The first-order chi connectivity index (χ1) is 13.7. The number of aromatic nitrogens is 1. The minimum atomic E-state index is -1.36. The van der Waals surface area contributed by atoms with Crippen LogP contribution in [-0.4, -0.2) is 15.6 Å². The SMILES string of the molecule is CCn1c(C)c(Oc2ccc(Cl)cc2)c(=O)c(C(=O)O)c1-c1ccc(Cl)c(Cl)c1. The van der Waals surface area contributed by atoms with Gasteiger partial charge in [-0.1, -0.05) is 40.9 Å². The average molecular weight is 453 g/mol. The standard InChI is InChI=1S/C21H16Cl3NO4/c1-3-25-11(2)20(29-14-7-5-13(22)6-8-14)19(26)17(21(27)28)18(25)12-4-9-15(23)16(24)10-12/h4-10H,3H2,1-2H3,(H,27,28). The van der Waals surface area contributed by atoms with E-state index >= 15 is 0 Å². The number of benzene rings is 2. The largest absolute Gasteiger partial charge is 0.477 e. The van der Waals surface area contributed by atoms with E-state index in [4.69, 9.17) is 39.5 Å². The number of carbonyl (C=O) groups is 1. The van der Waals surface area contributed by atoms with Gasteiger partial charge in [0.05, 0.1) is 21.4 Å². The number of carboxylic acids is 1. The predicted octanol–water partition coefficient (Wildman–Crippen LogP) is 6.29. The molecule has 0 fully saturated rings. The summed E-state index contributed by atoms with van der Waals surface area (Å²) in [6.07, 6.45) is 0. The van der Waals surface area contributed by atoms with E-state index in [2.05, 4.69) is 0 Å². The second-order valence-corrected chi connectivity index (χ2v) is 7.45. The van der Waals surface area contributed by atoms with Crippen molar-refractivity contribution in [2.45, 2.75) is 20.4 Å². The second kappa shape index (κ2) is 8.49. The highest BCUT2D eigenvalue weighted by atomic mass is 35.5. The molecule has 8 heteroatoms. The number of nitrogens with zero attached hydrogens (tertiary/aromatic N) is 1. The Morgan fingerprint density at radius 1 is 1.07 bits per heavy atom. The Morgan fingerprint density at radius 2 is 1.72 bits per heavy atom. The van der Waals surface area contributed by atoms with Crippen LogP contribution in [0.2, 0.25) is 15.1 Å². The van der Waals surface area contributed by atoms with Gasteiger partial charge in [0, 0.05) is 17.1 Å². The maximum atomic E-state index is 13.1. The second-order valence-electron chi connectivity index (χ2n) is 6.20. The molecule has 5 nitrogen and oxygen atoms in total. The molecule has 0 atom stereocenters. The molecule has 0 bridgehead atoms. The van der Waals surface area contributed by atoms with Crippen LogP contribution in [-0.2, 0) is 6.54 Å². The smallest absolute Gasteiger partial charge is 0.342 e. The van der Waals surface area contributed by atoms with E-state index in [0.717, 1.165) is 0 Å². The fourth-order valence-electron chi connectivity index (χ4n) is 3.09. The van der Waals surface area contributed by atoms with Crippen molar-refractivity contribution in [2.24, 2.45) is 0 Å². The number of carboxylic acid groups (broad SMARTS) is 1. The van der Waals surface area contributed by atoms with Crippen LogP contribution in [0.1, 0.15) is 23.0 Å². The summed E-state index contributed by atoms with van der Waals surface area (Å²) in [5.41, 5.74) is 0.0652. The summed E-state index contributed by atoms with van der Waals surface area (Å²) in [4.78, 5) is 25.2. The third kappa shape index (κ3) is 4.13. The molecule has 0 amide bonds. The Labute approximate surface area is 182 Å². The van der Waals surface area contributed by atoms with Crippen molar-refractivity contribution in [3.05, 3.63) is 79.0 Å². The summed E-state index contributed by atoms with van der Waals surface area (Å²) >= 11 is 18.0. The molecule has 3 rings (SSSR count). The summed E-state index contributed by atoms with van der Waals surface area (Å²) in [5.74, 6) is -1.05. The summed E-state index contributed by atoms with van der Waals surface area (Å²) in [6.45, 7) is 3.94. The van der Waals surface area contributed by atoms with Crippen molar-refractivity contribution in [3.63, 3.8) is 0 Å². The topological polar surface area (TPSA) is 68.5 Å². The van der Waals surface area contributed by atoms with Gasteiger partial charge in [0.15, 0.2) is 5.75 Å². The van der Waals surface area contributed by atoms with Gasteiger partial charge in [-0.2, -0.15) is 0 Å². The number of hydrogen-bond acceptors (Lipinski definition) is 3. The highest BCUT2D eigenvalue weighted by molar-refractivity contribution is 6.42. The summed E-state index contributed by atoms with van der Waals surface area (Å²) in [6, 6.07) is 11.2. The summed E-state index contributed by atoms with van der Waals surface area (Å²) in [7, 11) is 0. The molecule has 0 spiro atoms. The number of halogens is 3. The number of rotatable bonds is 5. The number of aromatic carboxylic acids is 1. The van der Waals surface area contributed by atoms with Crippen LogP contribution in [0, 0.1) is 6.92 Å². The van der Waals surface area contributed by atoms with Crippen LogP contribution in [0.15, 0.2) is 47.3 Å². The predicted molar refractivity (Wildman–Crippen MR) is 115 cm³/mol. The molecular formula is C21H16Cl3NO4. The fourth-order valence-corrected chi connectivity index (χ4v) is 3.51. The molecule has 0 radical (unpaired) electrons. The van der Waals surface area contributed by atoms with Crippen molar-refractivity contribution in [1.82, 2.24) is 4.57 Å². The Kier molecular flexibility index (Phi) is 6.22. The van der Waals surface area contributed by atoms with E-state index < -0.39 is 17.0 Å². The van der Waals surface area contributed by atoms with E-state index in [1.807, 2.05) is 6.92 Å². The Morgan fingerprint density at radius 3 is 2.28 bits per heavy atom. The van der Waals surface area contributed by atoms with Crippen molar-refractivity contribution in [3.8, 4) is 22.8 Å². The molecule has 0 aliphatic rings. The van der Waals surface area contributed by atoms with Crippen LogP contribution in [0.5, 0.6) is 11.5 Å². The van der Waals surface area contributed by atoms with E-state index in [1.165, 1.54) is 6.07 Å². The lowest BCUT2D eigenvalue weighted by Crippen LogP contribution is -2.24. The normalized spacial score (nSPS) is 10.8. The number of pyridine rings is 1. The zero-order chi connectivity index (χ0) is 21.3. The third-order valence-corrected chi connectivity index (χ3v) is 5.42. The minimum absolute atomic E-state index is 0.0598. The summed E-state index contributed by atoms with van der Waals surface area (Å²) in [5, 5.41) is 10.9. The molecule has 2 aromatic carbocycles. The molecular weight excluding hydrogens is 437 g/mol. The maximum absolute atomic E-state index is 13.1. The van der Waals surface area contributed by atoms with Crippen molar-refractivity contribution in [1.29, 1.82) is 0 Å². The molecule has 1 N–H and O–H groups in total. The molecule has 150 valence electrons. The third-order valence-electron chi connectivity index (χ3n) is 4.43. The Hall–Kier alpha value is -2.47. The van der Waals surface area contributed by atoms with Crippen LogP contribution in [0.4, 0.5) is 0 Å². The Bertz CT molecular complexity index is 1150. The average Bonchev–Trinajstić information content (AvgIpc) is 2.68. The first-order valence-corrected chi connectivity index (χ1v) is 9.77. The molecule has 3 aromatic rings. The molecule has 0 saturated carbocycles. The highest BCUT2D eigenvalue weighted by Crippen LogP contribution is 2.33. The van der Waals surface area contributed by atoms with Crippen LogP contribution in [0.25, 0.3) is 11.3 Å². The van der Waals surface area contributed by atoms with Crippen LogP contribution >= 0.6 is 34.8 Å². The van der Waals surface area contributed by atoms with Crippen LogP contribution in [0.3, 0.4) is 0 Å². The van der Waals surface area contributed by atoms with Gasteiger partial charge in [0.1, 0.15) is 11.3 Å². The Balaban J connectivity index is 2.30. The molecule has 0 aliphatic heterocycles. The highest BCUT2D eigenvalue weighted by Gasteiger charge is 2.26. The molecule has 0 unspecified atom stereocenters. The molecule has 29 heavy (non-hydrogen) atoms. The van der Waals surface area contributed by atoms with Crippen molar-refractivity contribution in [2.75, 3.05) is 0 Å². The molecule has 0 saturated heterocycles. The lowest BCUT2D eigenvalue weighted by molar-refractivity contribution is 0.0695. The van der Waals surface area contributed by atoms with Gasteiger partial charge in [-0.05, 0) is 50.2 Å². The van der Waals surface area contributed by atoms with E-state index in [-0.39, 0.29) is 16.5 Å². The number of hydrogen-bond donors (Lipinski definition) is 1. The first-order valence-electron chi connectivity index (χ1n) is 8.64. The first kappa shape index (κ1) is 21.2. The zero-order valence-electron chi connectivity index (χ0n) is 15.5. The van der Waals surface area contributed by atoms with Gasteiger partial charge in [-0.3, -0.25) is 4.79 Å². The quantitative estimate of drug-likeness (QED) is 0.493. The van der Waals surface area contributed by atoms with Gasteiger partial charge < -0.3 is 14.4 Å². The molecule has 1 aromatic heterocycles. The zero-order valence-corrected chi connectivity index (χ0v) is 17.8. The van der Waals surface area contributed by atoms with Crippen molar-refractivity contribution >= 4 is 40.8 Å². The van der Waals surface area contributed by atoms with Gasteiger partial charge in [0.2, 0.25) is 5.43 Å². The fraction of sp³-hybridized carbons (Fsp3) is 0.143. The van der Waals surface area contributed by atoms with E-state index in [0.29, 0.717) is 33.6 Å². The van der Waals surface area contributed by atoms with Crippen LogP contribution < -0.4 is 10.2 Å². The van der Waals surface area contributed by atoms with Gasteiger partial charge in [0.25, 0.3) is 0 Å². The van der Waals surface area contributed by atoms with E-state index in [9.17, 15) is 14.7 Å². The lowest BCUT2D eigenvalue weighted by atomic mass is 10.0. The maximum Gasteiger partial charge on any atom is 0.342 e.